The average molecular weight is 212 g/mol. The van der Waals surface area contributed by atoms with Gasteiger partial charge in [0.25, 0.3) is 0 Å². The third-order valence-corrected chi connectivity index (χ3v) is 3.24. The summed E-state index contributed by atoms with van der Waals surface area (Å²) in [5.74, 6) is 0.827. The summed E-state index contributed by atoms with van der Waals surface area (Å²) in [5, 5.41) is 6.29. The standard InChI is InChI=1S/C11H20N2O2/c14-11(10-2-1-7-15-10)13-6-4-9-3-5-12-8-9/h9-10,12H,1-8H2,(H,13,14). The number of ether oxygens (including phenoxy) is 1. The predicted octanol–water partition coefficient (Wildman–Crippen LogP) is 0.281. The van der Waals surface area contributed by atoms with Crippen molar-refractivity contribution >= 4 is 5.91 Å². The van der Waals surface area contributed by atoms with E-state index in [9.17, 15) is 4.79 Å². The van der Waals surface area contributed by atoms with Crippen LogP contribution in [0.1, 0.15) is 25.7 Å². The van der Waals surface area contributed by atoms with Crippen LogP contribution in [0.15, 0.2) is 0 Å². The third kappa shape index (κ3) is 3.18. The van der Waals surface area contributed by atoms with Crippen LogP contribution >= 0.6 is 0 Å². The lowest BCUT2D eigenvalue weighted by Gasteiger charge is -2.12. The molecule has 0 aromatic heterocycles. The summed E-state index contributed by atoms with van der Waals surface area (Å²) in [5.41, 5.74) is 0. The Morgan fingerprint density at radius 3 is 3.07 bits per heavy atom. The van der Waals surface area contributed by atoms with Crippen molar-refractivity contribution in [3.05, 3.63) is 0 Å². The smallest absolute Gasteiger partial charge is 0.249 e. The summed E-state index contributed by atoms with van der Waals surface area (Å²) in [6, 6.07) is 0. The van der Waals surface area contributed by atoms with Crippen LogP contribution in [0.3, 0.4) is 0 Å². The van der Waals surface area contributed by atoms with Gasteiger partial charge in [0.2, 0.25) is 5.91 Å². The molecule has 2 N–H and O–H groups in total. The van der Waals surface area contributed by atoms with Crippen molar-refractivity contribution in [2.75, 3.05) is 26.2 Å². The van der Waals surface area contributed by atoms with E-state index in [1.807, 2.05) is 0 Å². The number of carbonyl (C=O) groups is 1. The first kappa shape index (κ1) is 10.9. The number of carbonyl (C=O) groups excluding carboxylic acids is 1. The van der Waals surface area contributed by atoms with Crippen molar-refractivity contribution in [2.24, 2.45) is 5.92 Å². The van der Waals surface area contributed by atoms with Crippen LogP contribution in [-0.4, -0.2) is 38.3 Å². The fourth-order valence-electron chi connectivity index (χ4n) is 2.26. The molecule has 0 aliphatic carbocycles. The van der Waals surface area contributed by atoms with Gasteiger partial charge in [0.1, 0.15) is 6.10 Å². The van der Waals surface area contributed by atoms with Crippen LogP contribution in [-0.2, 0) is 9.53 Å². The summed E-state index contributed by atoms with van der Waals surface area (Å²) in [7, 11) is 0. The minimum absolute atomic E-state index is 0.0819. The lowest BCUT2D eigenvalue weighted by atomic mass is 10.1. The van der Waals surface area contributed by atoms with Crippen LogP contribution < -0.4 is 10.6 Å². The molecule has 1 amide bonds. The Kier molecular flexibility index (Phi) is 3.97. The van der Waals surface area contributed by atoms with Gasteiger partial charge in [0, 0.05) is 13.2 Å². The van der Waals surface area contributed by atoms with Gasteiger partial charge in [-0.25, -0.2) is 0 Å². The first-order chi connectivity index (χ1) is 7.36. The second kappa shape index (κ2) is 5.47. The molecule has 0 aromatic carbocycles. The lowest BCUT2D eigenvalue weighted by Crippen LogP contribution is -2.35. The summed E-state index contributed by atoms with van der Waals surface area (Å²) in [4.78, 5) is 11.6. The topological polar surface area (TPSA) is 50.4 Å². The molecule has 2 heterocycles. The minimum atomic E-state index is -0.174. The van der Waals surface area contributed by atoms with Gasteiger partial charge < -0.3 is 15.4 Å². The van der Waals surface area contributed by atoms with Crippen LogP contribution in [0, 0.1) is 5.92 Å². The summed E-state index contributed by atoms with van der Waals surface area (Å²) < 4.78 is 5.31. The Balaban J connectivity index is 1.58. The molecule has 2 rings (SSSR count). The molecule has 0 spiro atoms. The van der Waals surface area contributed by atoms with E-state index in [4.69, 9.17) is 4.74 Å². The highest BCUT2D eigenvalue weighted by atomic mass is 16.5. The molecule has 4 heteroatoms. The zero-order valence-corrected chi connectivity index (χ0v) is 9.13. The summed E-state index contributed by atoms with van der Waals surface area (Å²) in [6.45, 7) is 3.77. The van der Waals surface area contributed by atoms with Crippen molar-refractivity contribution < 1.29 is 9.53 Å². The van der Waals surface area contributed by atoms with Crippen molar-refractivity contribution in [1.29, 1.82) is 0 Å². The monoisotopic (exact) mass is 212 g/mol. The van der Waals surface area contributed by atoms with E-state index in [2.05, 4.69) is 10.6 Å². The molecule has 0 aromatic rings. The molecule has 4 nitrogen and oxygen atoms in total. The Labute approximate surface area is 90.8 Å². The van der Waals surface area contributed by atoms with E-state index in [1.54, 1.807) is 0 Å². The maximum absolute atomic E-state index is 11.6. The minimum Gasteiger partial charge on any atom is -0.368 e. The molecule has 2 atom stereocenters. The van der Waals surface area contributed by atoms with Gasteiger partial charge in [0.15, 0.2) is 0 Å². The molecule has 86 valence electrons. The fraction of sp³-hybridized carbons (Fsp3) is 0.909. The highest BCUT2D eigenvalue weighted by Gasteiger charge is 2.23. The molecule has 15 heavy (non-hydrogen) atoms. The predicted molar refractivity (Wildman–Crippen MR) is 57.6 cm³/mol. The van der Waals surface area contributed by atoms with E-state index in [1.165, 1.54) is 6.42 Å². The third-order valence-electron chi connectivity index (χ3n) is 3.24. The second-order valence-corrected chi connectivity index (χ2v) is 4.44. The van der Waals surface area contributed by atoms with Crippen molar-refractivity contribution in [2.45, 2.75) is 31.8 Å². The Hall–Kier alpha value is -0.610. The molecule has 0 bridgehead atoms. The number of nitrogens with one attached hydrogen (secondary N) is 2. The Bertz CT molecular complexity index is 209. The van der Waals surface area contributed by atoms with E-state index < -0.39 is 0 Å². The average Bonchev–Trinajstić information content (AvgIpc) is 2.90. The fourth-order valence-corrected chi connectivity index (χ4v) is 2.26. The first-order valence-electron chi connectivity index (χ1n) is 5.96. The van der Waals surface area contributed by atoms with E-state index in [0.29, 0.717) is 0 Å². The molecule has 2 saturated heterocycles. The second-order valence-electron chi connectivity index (χ2n) is 4.44. The number of amides is 1. The first-order valence-corrected chi connectivity index (χ1v) is 5.96. The molecule has 2 fully saturated rings. The Morgan fingerprint density at radius 1 is 1.47 bits per heavy atom. The van der Waals surface area contributed by atoms with E-state index in [0.717, 1.165) is 51.4 Å². The van der Waals surface area contributed by atoms with E-state index >= 15 is 0 Å². The van der Waals surface area contributed by atoms with Crippen LogP contribution in [0.2, 0.25) is 0 Å². The summed E-state index contributed by atoms with van der Waals surface area (Å²) >= 11 is 0. The van der Waals surface area contributed by atoms with Crippen LogP contribution in [0.5, 0.6) is 0 Å². The quantitative estimate of drug-likeness (QED) is 0.704. The lowest BCUT2D eigenvalue weighted by molar-refractivity contribution is -0.130. The maximum Gasteiger partial charge on any atom is 0.249 e. The van der Waals surface area contributed by atoms with Gasteiger partial charge in [0.05, 0.1) is 0 Å². The normalized spacial score (nSPS) is 30.7. The molecule has 0 saturated carbocycles. The van der Waals surface area contributed by atoms with Gasteiger partial charge in [-0.2, -0.15) is 0 Å². The van der Waals surface area contributed by atoms with Crippen molar-refractivity contribution in [3.8, 4) is 0 Å². The van der Waals surface area contributed by atoms with Crippen molar-refractivity contribution in [3.63, 3.8) is 0 Å². The van der Waals surface area contributed by atoms with Gasteiger partial charge in [-0.05, 0) is 44.7 Å². The SMILES string of the molecule is O=C(NCCC1CCNC1)C1CCCO1. The van der Waals surface area contributed by atoms with Gasteiger partial charge in [-0.1, -0.05) is 0 Å². The zero-order valence-electron chi connectivity index (χ0n) is 9.13. The molecule has 2 aliphatic heterocycles. The van der Waals surface area contributed by atoms with Gasteiger partial charge >= 0.3 is 0 Å². The number of rotatable bonds is 4. The molecular weight excluding hydrogens is 192 g/mol. The largest absolute Gasteiger partial charge is 0.368 e. The number of hydrogen-bond acceptors (Lipinski definition) is 3. The molecule has 2 aliphatic rings. The van der Waals surface area contributed by atoms with Gasteiger partial charge in [-0.3, -0.25) is 4.79 Å². The number of hydrogen-bond donors (Lipinski definition) is 2. The van der Waals surface area contributed by atoms with Crippen LogP contribution in [0.25, 0.3) is 0 Å². The van der Waals surface area contributed by atoms with E-state index in [-0.39, 0.29) is 12.0 Å². The highest BCUT2D eigenvalue weighted by molar-refractivity contribution is 5.80. The van der Waals surface area contributed by atoms with Crippen molar-refractivity contribution in [1.82, 2.24) is 10.6 Å². The zero-order chi connectivity index (χ0) is 10.5. The Morgan fingerprint density at radius 2 is 2.40 bits per heavy atom. The summed E-state index contributed by atoms with van der Waals surface area (Å²) in [6.07, 6.45) is 4.06. The maximum atomic E-state index is 11.6. The molecule has 0 radical (unpaired) electrons. The molecular formula is C11H20N2O2. The highest BCUT2D eigenvalue weighted by Crippen LogP contribution is 2.13. The van der Waals surface area contributed by atoms with Crippen LogP contribution in [0.4, 0.5) is 0 Å². The molecule has 2 unspecified atom stereocenters. The van der Waals surface area contributed by atoms with Gasteiger partial charge in [-0.15, -0.1) is 0 Å².